The van der Waals surface area contributed by atoms with Gasteiger partial charge in [0.1, 0.15) is 5.76 Å². The maximum absolute atomic E-state index is 5.38. The molecule has 1 aromatic carbocycles. The zero-order chi connectivity index (χ0) is 19.6. The molecule has 2 N–H and O–H groups in total. The number of furan rings is 1. The number of aromatic nitrogens is 2. The molecule has 2 heterocycles. The van der Waals surface area contributed by atoms with E-state index < -0.39 is 0 Å². The lowest BCUT2D eigenvalue weighted by Crippen LogP contribution is -2.38. The Labute approximate surface area is 165 Å². The molecule has 0 saturated carbocycles. The van der Waals surface area contributed by atoms with Crippen molar-refractivity contribution < 1.29 is 8.94 Å². The summed E-state index contributed by atoms with van der Waals surface area (Å²) in [5.41, 5.74) is 1.99. The van der Waals surface area contributed by atoms with Crippen LogP contribution in [0.15, 0.2) is 56.6 Å². The van der Waals surface area contributed by atoms with E-state index in [1.54, 1.807) is 6.26 Å². The van der Waals surface area contributed by atoms with Gasteiger partial charge in [0.05, 0.1) is 12.8 Å². The van der Waals surface area contributed by atoms with Gasteiger partial charge >= 0.3 is 0 Å². The van der Waals surface area contributed by atoms with Gasteiger partial charge in [0.2, 0.25) is 0 Å². The highest BCUT2D eigenvalue weighted by Crippen LogP contribution is 2.19. The van der Waals surface area contributed by atoms with Gasteiger partial charge in [-0.15, -0.1) is 0 Å². The van der Waals surface area contributed by atoms with E-state index in [9.17, 15) is 0 Å². The molecule has 0 aliphatic rings. The van der Waals surface area contributed by atoms with Gasteiger partial charge in [-0.3, -0.25) is 0 Å². The minimum absolute atomic E-state index is 0.553. The van der Waals surface area contributed by atoms with Crippen molar-refractivity contribution in [1.29, 1.82) is 0 Å². The number of aliphatic imine (C=N–C) groups is 1. The van der Waals surface area contributed by atoms with Crippen LogP contribution in [0.1, 0.15) is 37.4 Å². The Hall–Kier alpha value is -3.09. The first-order valence-corrected chi connectivity index (χ1v) is 9.75. The zero-order valence-corrected chi connectivity index (χ0v) is 16.4. The Bertz CT molecular complexity index is 871. The topological polar surface area (TPSA) is 88.5 Å². The van der Waals surface area contributed by atoms with Gasteiger partial charge in [-0.1, -0.05) is 24.2 Å². The van der Waals surface area contributed by atoms with Crippen LogP contribution in [-0.4, -0.2) is 29.2 Å². The lowest BCUT2D eigenvalue weighted by molar-refractivity contribution is 0.422. The molecule has 0 unspecified atom stereocenters. The normalized spacial score (nSPS) is 11.6. The van der Waals surface area contributed by atoms with Crippen molar-refractivity contribution >= 4 is 5.96 Å². The molecular formula is C21H27N5O2. The van der Waals surface area contributed by atoms with Crippen LogP contribution in [-0.2, 0) is 19.4 Å². The summed E-state index contributed by atoms with van der Waals surface area (Å²) in [6.07, 6.45) is 4.32. The number of benzene rings is 1. The summed E-state index contributed by atoms with van der Waals surface area (Å²) in [6, 6.07) is 11.9. The SMILES string of the molecule is CCCc1noc(-c2cccc(CN=C(NCC)NCCc3ccco3)c2)n1. The van der Waals surface area contributed by atoms with E-state index >= 15 is 0 Å². The van der Waals surface area contributed by atoms with Gasteiger partial charge in [0, 0.05) is 31.5 Å². The number of guanidine groups is 1. The molecule has 7 heteroatoms. The minimum atomic E-state index is 0.553. The monoisotopic (exact) mass is 381 g/mol. The molecule has 148 valence electrons. The van der Waals surface area contributed by atoms with Crippen LogP contribution in [0.5, 0.6) is 0 Å². The van der Waals surface area contributed by atoms with Crippen LogP contribution in [0, 0.1) is 0 Å². The second-order valence-electron chi connectivity index (χ2n) is 6.42. The van der Waals surface area contributed by atoms with Crippen molar-refractivity contribution in [2.75, 3.05) is 13.1 Å². The summed E-state index contributed by atoms with van der Waals surface area (Å²) in [5.74, 6) is 3.04. The molecule has 0 aliphatic carbocycles. The van der Waals surface area contributed by atoms with Crippen molar-refractivity contribution in [2.45, 2.75) is 39.7 Å². The van der Waals surface area contributed by atoms with E-state index in [2.05, 4.69) is 32.7 Å². The van der Waals surface area contributed by atoms with Gasteiger partial charge in [0.25, 0.3) is 5.89 Å². The molecule has 0 aliphatic heterocycles. The van der Waals surface area contributed by atoms with Crippen molar-refractivity contribution in [3.63, 3.8) is 0 Å². The maximum Gasteiger partial charge on any atom is 0.257 e. The molecular weight excluding hydrogens is 354 g/mol. The first kappa shape index (κ1) is 19.7. The molecule has 0 fully saturated rings. The van der Waals surface area contributed by atoms with Crippen LogP contribution in [0.25, 0.3) is 11.5 Å². The quantitative estimate of drug-likeness (QED) is 0.435. The van der Waals surface area contributed by atoms with Crippen molar-refractivity contribution in [1.82, 2.24) is 20.8 Å². The molecule has 0 bridgehead atoms. The third-order valence-corrected chi connectivity index (χ3v) is 4.12. The number of hydrogen-bond donors (Lipinski definition) is 2. The van der Waals surface area contributed by atoms with Gasteiger partial charge in [-0.25, -0.2) is 4.99 Å². The Morgan fingerprint density at radius 1 is 1.11 bits per heavy atom. The highest BCUT2D eigenvalue weighted by atomic mass is 16.5. The predicted octanol–water partition coefficient (Wildman–Crippen LogP) is 3.58. The molecule has 0 radical (unpaired) electrons. The standard InChI is InChI=1S/C21H27N5O2/c1-3-7-19-25-20(28-26-19)17-9-5-8-16(14-17)15-24-21(22-4-2)23-12-11-18-10-6-13-27-18/h5-6,8-10,13-14H,3-4,7,11-12,15H2,1-2H3,(H2,22,23,24). The summed E-state index contributed by atoms with van der Waals surface area (Å²) < 4.78 is 10.7. The molecule has 2 aromatic heterocycles. The van der Waals surface area contributed by atoms with Crippen molar-refractivity contribution in [3.8, 4) is 11.5 Å². The highest BCUT2D eigenvalue weighted by Gasteiger charge is 2.09. The number of nitrogens with zero attached hydrogens (tertiary/aromatic N) is 3. The van der Waals surface area contributed by atoms with Crippen LogP contribution < -0.4 is 10.6 Å². The fraction of sp³-hybridized carbons (Fsp3) is 0.381. The summed E-state index contributed by atoms with van der Waals surface area (Å²) in [4.78, 5) is 9.12. The summed E-state index contributed by atoms with van der Waals surface area (Å²) in [7, 11) is 0. The van der Waals surface area contributed by atoms with Crippen LogP contribution in [0.4, 0.5) is 0 Å². The second-order valence-corrected chi connectivity index (χ2v) is 6.42. The summed E-state index contributed by atoms with van der Waals surface area (Å²) in [5, 5.41) is 10.6. The molecule has 0 saturated heterocycles. The molecule has 28 heavy (non-hydrogen) atoms. The van der Waals surface area contributed by atoms with E-state index in [1.165, 1.54) is 0 Å². The van der Waals surface area contributed by atoms with E-state index in [0.717, 1.165) is 61.0 Å². The maximum atomic E-state index is 5.38. The van der Waals surface area contributed by atoms with Crippen molar-refractivity contribution in [3.05, 3.63) is 59.8 Å². The van der Waals surface area contributed by atoms with Crippen LogP contribution in [0.2, 0.25) is 0 Å². The molecule has 3 rings (SSSR count). The van der Waals surface area contributed by atoms with Gasteiger partial charge in [-0.2, -0.15) is 4.98 Å². The number of aryl methyl sites for hydroxylation is 1. The van der Waals surface area contributed by atoms with E-state index in [-0.39, 0.29) is 0 Å². The lowest BCUT2D eigenvalue weighted by atomic mass is 10.1. The van der Waals surface area contributed by atoms with Crippen LogP contribution >= 0.6 is 0 Å². The van der Waals surface area contributed by atoms with E-state index in [4.69, 9.17) is 8.94 Å². The molecule has 0 amide bonds. The van der Waals surface area contributed by atoms with Gasteiger partial charge in [-0.05, 0) is 43.2 Å². The Morgan fingerprint density at radius 3 is 2.82 bits per heavy atom. The average Bonchev–Trinajstić information content (AvgIpc) is 3.39. The Balaban J connectivity index is 1.61. The minimum Gasteiger partial charge on any atom is -0.469 e. The number of hydrogen-bond acceptors (Lipinski definition) is 5. The van der Waals surface area contributed by atoms with Gasteiger partial charge < -0.3 is 19.6 Å². The molecule has 0 atom stereocenters. The first-order chi connectivity index (χ1) is 13.8. The second kappa shape index (κ2) is 10.3. The predicted molar refractivity (Wildman–Crippen MR) is 109 cm³/mol. The summed E-state index contributed by atoms with van der Waals surface area (Å²) in [6.45, 7) is 6.25. The lowest BCUT2D eigenvalue weighted by Gasteiger charge is -2.10. The van der Waals surface area contributed by atoms with E-state index in [0.29, 0.717) is 12.4 Å². The highest BCUT2D eigenvalue weighted by molar-refractivity contribution is 5.79. The van der Waals surface area contributed by atoms with Crippen molar-refractivity contribution in [2.24, 2.45) is 4.99 Å². The largest absolute Gasteiger partial charge is 0.469 e. The van der Waals surface area contributed by atoms with Crippen LogP contribution in [0.3, 0.4) is 0 Å². The fourth-order valence-electron chi connectivity index (χ4n) is 2.77. The molecule has 7 nitrogen and oxygen atoms in total. The summed E-state index contributed by atoms with van der Waals surface area (Å²) >= 11 is 0. The fourth-order valence-corrected chi connectivity index (χ4v) is 2.77. The average molecular weight is 381 g/mol. The third-order valence-electron chi connectivity index (χ3n) is 4.12. The number of rotatable bonds is 9. The first-order valence-electron chi connectivity index (χ1n) is 9.75. The molecule has 3 aromatic rings. The van der Waals surface area contributed by atoms with Gasteiger partial charge in [0.15, 0.2) is 11.8 Å². The molecule has 0 spiro atoms. The Kier molecular flexibility index (Phi) is 7.23. The third kappa shape index (κ3) is 5.70. The smallest absolute Gasteiger partial charge is 0.257 e. The Morgan fingerprint density at radius 2 is 2.04 bits per heavy atom. The van der Waals surface area contributed by atoms with E-state index in [1.807, 2.05) is 43.3 Å². The zero-order valence-electron chi connectivity index (χ0n) is 16.4. The number of nitrogens with one attached hydrogen (secondary N) is 2.